The van der Waals surface area contributed by atoms with Crippen molar-refractivity contribution in [2.45, 2.75) is 83.3 Å². The zero-order valence-corrected chi connectivity index (χ0v) is 31.5. The number of aryl methyl sites for hydroxylation is 1. The Hall–Kier alpha value is -3.74. The normalized spacial score (nSPS) is 23.4. The molecule has 1 spiro atoms. The van der Waals surface area contributed by atoms with Gasteiger partial charge in [0.1, 0.15) is 5.92 Å². The number of hydrogen-bond acceptors (Lipinski definition) is 12. The number of esters is 1. The Morgan fingerprint density at radius 3 is 2.54 bits per heavy atom. The molecule has 1 aromatic carbocycles. The van der Waals surface area contributed by atoms with E-state index in [0.717, 1.165) is 81.0 Å². The predicted molar refractivity (Wildman–Crippen MR) is 200 cm³/mol. The number of rotatable bonds is 12. The van der Waals surface area contributed by atoms with Crippen LogP contribution in [0.15, 0.2) is 40.9 Å². The molecule has 282 valence electrons. The second-order valence-electron chi connectivity index (χ2n) is 16.0. The lowest BCUT2D eigenvalue weighted by Gasteiger charge is -2.50. The molecule has 1 atom stereocenters. The van der Waals surface area contributed by atoms with Crippen LogP contribution in [0.3, 0.4) is 0 Å². The molecule has 1 aliphatic carbocycles. The highest BCUT2D eigenvalue weighted by Gasteiger charge is 2.42. The molecule has 12 heteroatoms. The molecule has 2 aromatic heterocycles. The summed E-state index contributed by atoms with van der Waals surface area (Å²) in [5.74, 6) is 2.12. The zero-order valence-electron chi connectivity index (χ0n) is 31.5. The second kappa shape index (κ2) is 16.1. The average Bonchev–Trinajstić information content (AvgIpc) is 3.59. The Morgan fingerprint density at radius 1 is 1.04 bits per heavy atom. The Morgan fingerprint density at radius 2 is 1.81 bits per heavy atom. The van der Waals surface area contributed by atoms with Gasteiger partial charge in [0.15, 0.2) is 11.6 Å². The summed E-state index contributed by atoms with van der Waals surface area (Å²) in [6.07, 6.45) is 8.03. The Bertz CT molecular complexity index is 1640. The van der Waals surface area contributed by atoms with Crippen LogP contribution in [0.1, 0.15) is 76.0 Å². The lowest BCUT2D eigenvalue weighted by atomic mass is 9.77. The number of piperidine rings is 2. The first-order valence-electron chi connectivity index (χ1n) is 19.4. The standard InChI is InChI=1S/C40H57N7O5/c1-27(2)37(39(48)49-4)35-24-36(44-52-35)50-19-11-29-9-14-46(15-10-29)31-21-30(22-31)25-45-18-20-51-40(26-45)12-16-47(17-13-40)34-23-33(42-43-38(34)41)32-8-6-5-7-28(32)3/h5-8,23-24,27,29-31,37H,9-22,25-26H2,1-4H3,(H2,41,43). The first-order valence-corrected chi connectivity index (χ1v) is 19.4. The van der Waals surface area contributed by atoms with Gasteiger partial charge < -0.3 is 34.3 Å². The van der Waals surface area contributed by atoms with Crippen molar-refractivity contribution in [3.63, 3.8) is 0 Å². The lowest BCUT2D eigenvalue weighted by molar-refractivity contribution is -0.144. The van der Waals surface area contributed by atoms with E-state index in [9.17, 15) is 4.79 Å². The summed E-state index contributed by atoms with van der Waals surface area (Å²) in [4.78, 5) is 20.0. The number of anilines is 2. The van der Waals surface area contributed by atoms with Gasteiger partial charge in [0.05, 0.1) is 37.3 Å². The van der Waals surface area contributed by atoms with Crippen LogP contribution in [-0.4, -0.2) is 109 Å². The van der Waals surface area contributed by atoms with Gasteiger partial charge >= 0.3 is 5.97 Å². The van der Waals surface area contributed by atoms with E-state index >= 15 is 0 Å². The molecule has 2 N–H and O–H groups in total. The molecular weight excluding hydrogens is 658 g/mol. The minimum atomic E-state index is -0.476. The van der Waals surface area contributed by atoms with Crippen molar-refractivity contribution in [1.29, 1.82) is 0 Å². The number of ether oxygens (including phenoxy) is 3. The van der Waals surface area contributed by atoms with Crippen LogP contribution in [0.5, 0.6) is 5.88 Å². The molecule has 0 amide bonds. The third-order valence-corrected chi connectivity index (χ3v) is 12.2. The fourth-order valence-electron chi connectivity index (χ4n) is 8.95. The number of methoxy groups -OCH3 is 1. The number of carbonyl (C=O) groups is 1. The number of carbonyl (C=O) groups excluding carboxylic acids is 1. The summed E-state index contributed by atoms with van der Waals surface area (Å²) in [7, 11) is 1.40. The summed E-state index contributed by atoms with van der Waals surface area (Å²) >= 11 is 0. The third kappa shape index (κ3) is 8.24. The van der Waals surface area contributed by atoms with Crippen molar-refractivity contribution in [3.05, 3.63) is 47.7 Å². The summed E-state index contributed by atoms with van der Waals surface area (Å²) in [5, 5.41) is 12.8. The van der Waals surface area contributed by atoms with E-state index in [4.69, 9.17) is 24.5 Å². The number of nitrogens with two attached hydrogens (primary N) is 1. The third-order valence-electron chi connectivity index (χ3n) is 12.2. The van der Waals surface area contributed by atoms with Crippen molar-refractivity contribution < 1.29 is 23.5 Å². The topological polar surface area (TPSA) is 132 Å². The van der Waals surface area contributed by atoms with Crippen LogP contribution in [0, 0.1) is 24.7 Å². The fourth-order valence-corrected chi connectivity index (χ4v) is 8.95. The summed E-state index contributed by atoms with van der Waals surface area (Å²) < 4.78 is 22.8. The van der Waals surface area contributed by atoms with Crippen LogP contribution in [0.4, 0.5) is 11.5 Å². The van der Waals surface area contributed by atoms with Crippen LogP contribution in [0.2, 0.25) is 0 Å². The molecule has 4 aliphatic rings. The average molecular weight is 716 g/mol. The molecule has 0 bridgehead atoms. The van der Waals surface area contributed by atoms with Crippen LogP contribution >= 0.6 is 0 Å². The number of likely N-dealkylation sites (tertiary alicyclic amines) is 1. The van der Waals surface area contributed by atoms with Crippen LogP contribution in [-0.2, 0) is 14.3 Å². The minimum Gasteiger partial charge on any atom is -0.475 e. The van der Waals surface area contributed by atoms with Crippen molar-refractivity contribution in [2.24, 2.45) is 17.8 Å². The van der Waals surface area contributed by atoms with Gasteiger partial charge in [0, 0.05) is 50.4 Å². The number of hydrogen-bond donors (Lipinski definition) is 1. The zero-order chi connectivity index (χ0) is 36.2. The van der Waals surface area contributed by atoms with Crippen LogP contribution in [0.25, 0.3) is 11.3 Å². The maximum Gasteiger partial charge on any atom is 0.316 e. The molecule has 4 fully saturated rings. The first kappa shape index (κ1) is 36.6. The van der Waals surface area contributed by atoms with Gasteiger partial charge in [-0.25, -0.2) is 0 Å². The van der Waals surface area contributed by atoms with E-state index in [2.05, 4.69) is 55.2 Å². The van der Waals surface area contributed by atoms with Gasteiger partial charge in [-0.3, -0.25) is 9.69 Å². The predicted octanol–water partition coefficient (Wildman–Crippen LogP) is 5.57. The minimum absolute atomic E-state index is 0.0439. The molecule has 1 unspecified atom stereocenters. The van der Waals surface area contributed by atoms with Gasteiger partial charge in [0.2, 0.25) is 0 Å². The van der Waals surface area contributed by atoms with E-state index in [1.54, 1.807) is 6.07 Å². The van der Waals surface area contributed by atoms with Gasteiger partial charge in [-0.1, -0.05) is 38.1 Å². The molecule has 3 aromatic rings. The van der Waals surface area contributed by atoms with Crippen molar-refractivity contribution in [3.8, 4) is 17.1 Å². The highest BCUT2D eigenvalue weighted by atomic mass is 16.5. The maximum atomic E-state index is 12.2. The van der Waals surface area contributed by atoms with Crippen molar-refractivity contribution in [1.82, 2.24) is 25.2 Å². The Kier molecular flexibility index (Phi) is 11.3. The van der Waals surface area contributed by atoms with E-state index in [1.807, 2.05) is 26.0 Å². The summed E-state index contributed by atoms with van der Waals surface area (Å²) in [6, 6.07) is 12.8. The number of benzene rings is 1. The number of nitrogens with zero attached hydrogens (tertiary/aromatic N) is 6. The van der Waals surface area contributed by atoms with E-state index in [1.165, 1.54) is 58.0 Å². The van der Waals surface area contributed by atoms with E-state index < -0.39 is 5.92 Å². The molecule has 12 nitrogen and oxygen atoms in total. The summed E-state index contributed by atoms with van der Waals surface area (Å²) in [6.45, 7) is 14.8. The van der Waals surface area contributed by atoms with Crippen LogP contribution < -0.4 is 15.4 Å². The highest BCUT2D eigenvalue weighted by Crippen LogP contribution is 2.39. The molecule has 0 radical (unpaired) electrons. The van der Waals surface area contributed by atoms with Crippen molar-refractivity contribution in [2.75, 3.05) is 76.8 Å². The largest absolute Gasteiger partial charge is 0.475 e. The Balaban J connectivity index is 0.811. The molecular formula is C40H57N7O5. The molecule has 52 heavy (non-hydrogen) atoms. The van der Waals surface area contributed by atoms with Gasteiger partial charge in [0.25, 0.3) is 5.88 Å². The fraction of sp³-hybridized carbons (Fsp3) is 0.650. The SMILES string of the molecule is COC(=O)C(c1cc(OCCC2CCN(C3CC(CN4CCOC5(CCN(c6cc(-c7ccccc7C)nnc6N)CC5)C4)C3)CC2)no1)C(C)C. The first-order chi connectivity index (χ1) is 25.2. The number of morpholine rings is 1. The molecule has 1 saturated carbocycles. The lowest BCUT2D eigenvalue weighted by Crippen LogP contribution is -2.58. The monoisotopic (exact) mass is 715 g/mol. The Labute approximate surface area is 308 Å². The van der Waals surface area contributed by atoms with E-state index in [-0.39, 0.29) is 17.5 Å². The van der Waals surface area contributed by atoms with Gasteiger partial charge in [-0.05, 0) is 99.5 Å². The molecule has 3 saturated heterocycles. The highest BCUT2D eigenvalue weighted by molar-refractivity contribution is 5.77. The number of aromatic nitrogens is 3. The molecule has 7 rings (SSSR count). The molecule has 3 aliphatic heterocycles. The van der Waals surface area contributed by atoms with Gasteiger partial charge in [-0.15, -0.1) is 10.2 Å². The number of nitrogen functional groups attached to an aromatic ring is 1. The van der Waals surface area contributed by atoms with Gasteiger partial charge in [-0.2, -0.15) is 0 Å². The van der Waals surface area contributed by atoms with E-state index in [0.29, 0.717) is 30.0 Å². The molecule has 5 heterocycles. The maximum absolute atomic E-state index is 12.2. The van der Waals surface area contributed by atoms with Crippen molar-refractivity contribution >= 4 is 17.5 Å². The second-order valence-corrected chi connectivity index (χ2v) is 16.0. The summed E-state index contributed by atoms with van der Waals surface area (Å²) in [5.41, 5.74) is 10.4. The smallest absolute Gasteiger partial charge is 0.316 e. The quantitative estimate of drug-likeness (QED) is 0.235.